The first-order chi connectivity index (χ1) is 9.65. The Balaban J connectivity index is 1.84. The largest absolute Gasteiger partial charge is 0.478 e. The van der Waals surface area contributed by atoms with Crippen molar-refractivity contribution in [2.75, 3.05) is 6.54 Å². The molecule has 1 aromatic rings. The molecule has 1 aromatic carbocycles. The fourth-order valence-electron chi connectivity index (χ4n) is 3.19. The van der Waals surface area contributed by atoms with E-state index in [0.717, 1.165) is 18.7 Å². The summed E-state index contributed by atoms with van der Waals surface area (Å²) in [7, 11) is 0. The Morgan fingerprint density at radius 2 is 1.85 bits per heavy atom. The Kier molecular flexibility index (Phi) is 5.18. The summed E-state index contributed by atoms with van der Waals surface area (Å²) in [6, 6.07) is 7.15. The second-order valence-corrected chi connectivity index (χ2v) is 6.02. The maximum atomic E-state index is 10.8. The smallest absolute Gasteiger partial charge is 0.335 e. The van der Waals surface area contributed by atoms with Crippen LogP contribution in [0.25, 0.3) is 0 Å². The number of nitrogens with one attached hydrogen (secondary N) is 1. The molecule has 2 rings (SSSR count). The Bertz CT molecular complexity index is 433. The van der Waals surface area contributed by atoms with Gasteiger partial charge in [-0.3, -0.25) is 0 Å². The Morgan fingerprint density at radius 1 is 1.20 bits per heavy atom. The van der Waals surface area contributed by atoms with Crippen LogP contribution in [0.5, 0.6) is 0 Å². The van der Waals surface area contributed by atoms with E-state index in [0.29, 0.717) is 11.0 Å². The average molecular weight is 275 g/mol. The molecule has 0 atom stereocenters. The normalized spacial score (nSPS) is 17.9. The zero-order valence-corrected chi connectivity index (χ0v) is 12.3. The van der Waals surface area contributed by atoms with Crippen molar-refractivity contribution in [3.8, 4) is 0 Å². The van der Waals surface area contributed by atoms with Gasteiger partial charge in [0.05, 0.1) is 5.56 Å². The molecule has 110 valence electrons. The minimum atomic E-state index is -0.864. The monoisotopic (exact) mass is 275 g/mol. The van der Waals surface area contributed by atoms with Crippen LogP contribution in [-0.4, -0.2) is 17.6 Å². The summed E-state index contributed by atoms with van der Waals surface area (Å²) in [5.74, 6) is -0.864. The highest BCUT2D eigenvalue weighted by atomic mass is 16.4. The van der Waals surface area contributed by atoms with Gasteiger partial charge in [-0.2, -0.15) is 0 Å². The molecule has 0 aromatic heterocycles. The number of carboxylic acids is 1. The molecule has 2 N–H and O–H groups in total. The highest BCUT2D eigenvalue weighted by Gasteiger charge is 2.29. The van der Waals surface area contributed by atoms with Gasteiger partial charge < -0.3 is 10.4 Å². The van der Waals surface area contributed by atoms with E-state index in [-0.39, 0.29) is 0 Å². The topological polar surface area (TPSA) is 49.3 Å². The van der Waals surface area contributed by atoms with Gasteiger partial charge in [-0.05, 0) is 42.4 Å². The number of benzene rings is 1. The molecular weight excluding hydrogens is 250 g/mol. The first-order valence-electron chi connectivity index (χ1n) is 7.68. The number of carboxylic acid groups (broad SMARTS) is 1. The van der Waals surface area contributed by atoms with Crippen molar-refractivity contribution >= 4 is 5.97 Å². The van der Waals surface area contributed by atoms with E-state index in [1.165, 1.54) is 38.5 Å². The Labute approximate surface area is 121 Å². The summed E-state index contributed by atoms with van der Waals surface area (Å²) in [4.78, 5) is 10.8. The Morgan fingerprint density at radius 3 is 2.40 bits per heavy atom. The highest BCUT2D eigenvalue weighted by molar-refractivity contribution is 5.87. The second-order valence-electron chi connectivity index (χ2n) is 6.02. The number of hydrogen-bond acceptors (Lipinski definition) is 2. The third-order valence-electron chi connectivity index (χ3n) is 4.69. The quantitative estimate of drug-likeness (QED) is 0.829. The molecule has 0 radical (unpaired) electrons. The fourth-order valence-corrected chi connectivity index (χ4v) is 3.19. The molecule has 0 unspecified atom stereocenters. The minimum Gasteiger partial charge on any atom is -0.478 e. The van der Waals surface area contributed by atoms with Crippen LogP contribution in [0.4, 0.5) is 0 Å². The fraction of sp³-hybridized carbons (Fsp3) is 0.588. The molecule has 0 aliphatic heterocycles. The lowest BCUT2D eigenvalue weighted by Crippen LogP contribution is -2.35. The van der Waals surface area contributed by atoms with Gasteiger partial charge in [0, 0.05) is 13.1 Å². The van der Waals surface area contributed by atoms with Gasteiger partial charge in [-0.15, -0.1) is 0 Å². The van der Waals surface area contributed by atoms with E-state index in [4.69, 9.17) is 5.11 Å². The van der Waals surface area contributed by atoms with Crippen molar-refractivity contribution in [3.05, 3.63) is 35.4 Å². The van der Waals surface area contributed by atoms with E-state index in [9.17, 15) is 4.79 Å². The van der Waals surface area contributed by atoms with Crippen molar-refractivity contribution in [3.63, 3.8) is 0 Å². The van der Waals surface area contributed by atoms with E-state index < -0.39 is 5.97 Å². The standard InChI is InChI=1S/C17H25NO2/c1-2-17(10-4-3-5-11-17)13-18-12-14-6-8-15(9-7-14)16(19)20/h6-9,18H,2-5,10-13H2,1H3,(H,19,20). The van der Waals surface area contributed by atoms with Gasteiger partial charge in [-0.1, -0.05) is 38.3 Å². The second kappa shape index (κ2) is 6.89. The Hall–Kier alpha value is -1.35. The van der Waals surface area contributed by atoms with Crippen LogP contribution in [0.1, 0.15) is 61.4 Å². The molecule has 1 saturated carbocycles. The van der Waals surface area contributed by atoms with Gasteiger partial charge in [0.25, 0.3) is 0 Å². The lowest BCUT2D eigenvalue weighted by atomic mass is 9.72. The van der Waals surface area contributed by atoms with Crippen LogP contribution in [0.2, 0.25) is 0 Å². The maximum Gasteiger partial charge on any atom is 0.335 e. The molecule has 3 nitrogen and oxygen atoms in total. The van der Waals surface area contributed by atoms with Crippen LogP contribution < -0.4 is 5.32 Å². The molecule has 1 aliphatic rings. The molecule has 0 saturated heterocycles. The molecule has 3 heteroatoms. The molecule has 0 amide bonds. The van der Waals surface area contributed by atoms with Crippen molar-refractivity contribution in [1.29, 1.82) is 0 Å². The van der Waals surface area contributed by atoms with Gasteiger partial charge >= 0.3 is 5.97 Å². The SMILES string of the molecule is CCC1(CNCc2ccc(C(=O)O)cc2)CCCCC1. The van der Waals surface area contributed by atoms with Crippen LogP contribution >= 0.6 is 0 Å². The summed E-state index contributed by atoms with van der Waals surface area (Å²) in [6.45, 7) is 4.19. The molecular formula is C17H25NO2. The number of aromatic carboxylic acids is 1. The van der Waals surface area contributed by atoms with Crippen molar-refractivity contribution in [2.45, 2.75) is 52.0 Å². The van der Waals surface area contributed by atoms with Gasteiger partial charge in [0.15, 0.2) is 0 Å². The number of hydrogen-bond donors (Lipinski definition) is 2. The molecule has 20 heavy (non-hydrogen) atoms. The molecule has 0 spiro atoms. The predicted octanol–water partition coefficient (Wildman–Crippen LogP) is 3.83. The van der Waals surface area contributed by atoms with Crippen LogP contribution in [-0.2, 0) is 6.54 Å². The van der Waals surface area contributed by atoms with Gasteiger partial charge in [-0.25, -0.2) is 4.79 Å². The average Bonchev–Trinajstić information content (AvgIpc) is 2.49. The highest BCUT2D eigenvalue weighted by Crippen LogP contribution is 2.38. The summed E-state index contributed by atoms with van der Waals surface area (Å²) in [5.41, 5.74) is 1.99. The summed E-state index contributed by atoms with van der Waals surface area (Å²) in [5, 5.41) is 12.4. The van der Waals surface area contributed by atoms with Gasteiger partial charge in [0.2, 0.25) is 0 Å². The van der Waals surface area contributed by atoms with E-state index in [2.05, 4.69) is 12.2 Å². The maximum absolute atomic E-state index is 10.8. The van der Waals surface area contributed by atoms with Crippen molar-refractivity contribution in [2.24, 2.45) is 5.41 Å². The van der Waals surface area contributed by atoms with E-state index in [1.54, 1.807) is 12.1 Å². The number of rotatable bonds is 6. The van der Waals surface area contributed by atoms with E-state index in [1.807, 2.05) is 12.1 Å². The summed E-state index contributed by atoms with van der Waals surface area (Å²) < 4.78 is 0. The zero-order chi connectivity index (χ0) is 14.4. The third kappa shape index (κ3) is 3.83. The third-order valence-corrected chi connectivity index (χ3v) is 4.69. The molecule has 0 bridgehead atoms. The predicted molar refractivity (Wildman–Crippen MR) is 80.9 cm³/mol. The van der Waals surface area contributed by atoms with Crippen LogP contribution in [0.3, 0.4) is 0 Å². The van der Waals surface area contributed by atoms with E-state index >= 15 is 0 Å². The van der Waals surface area contributed by atoms with Crippen molar-refractivity contribution < 1.29 is 9.90 Å². The lowest BCUT2D eigenvalue weighted by Gasteiger charge is -2.36. The zero-order valence-electron chi connectivity index (χ0n) is 12.3. The summed E-state index contributed by atoms with van der Waals surface area (Å²) in [6.07, 6.45) is 8.05. The van der Waals surface area contributed by atoms with Crippen LogP contribution in [0, 0.1) is 5.41 Å². The molecule has 1 aliphatic carbocycles. The molecule has 1 fully saturated rings. The van der Waals surface area contributed by atoms with Crippen molar-refractivity contribution in [1.82, 2.24) is 5.32 Å². The number of carbonyl (C=O) groups is 1. The first kappa shape index (κ1) is 15.0. The summed E-state index contributed by atoms with van der Waals surface area (Å²) >= 11 is 0. The minimum absolute atomic E-state index is 0.353. The molecule has 0 heterocycles. The lowest BCUT2D eigenvalue weighted by molar-refractivity contribution is 0.0697. The van der Waals surface area contributed by atoms with Gasteiger partial charge in [0.1, 0.15) is 0 Å². The van der Waals surface area contributed by atoms with Crippen LogP contribution in [0.15, 0.2) is 24.3 Å². The first-order valence-corrected chi connectivity index (χ1v) is 7.68.